The van der Waals surface area contributed by atoms with Crippen molar-refractivity contribution in [1.29, 1.82) is 0 Å². The number of methoxy groups -OCH3 is 1. The Morgan fingerprint density at radius 2 is 2.14 bits per heavy atom. The van der Waals surface area contributed by atoms with Crippen molar-refractivity contribution in [3.05, 3.63) is 23.8 Å². The second-order valence-electron chi connectivity index (χ2n) is 7.65. The Bertz CT molecular complexity index is 697. The van der Waals surface area contributed by atoms with E-state index in [4.69, 9.17) is 9.47 Å². The molecule has 0 unspecified atom stereocenters. The number of hydrogen-bond donors (Lipinski definition) is 3. The van der Waals surface area contributed by atoms with E-state index in [0.29, 0.717) is 36.7 Å². The van der Waals surface area contributed by atoms with Crippen molar-refractivity contribution in [3.63, 3.8) is 0 Å². The molecule has 2 rings (SSSR count). The van der Waals surface area contributed by atoms with Gasteiger partial charge in [0.25, 0.3) is 5.91 Å². The summed E-state index contributed by atoms with van der Waals surface area (Å²) >= 11 is 0. The maximum Gasteiger partial charge on any atom is 0.319 e. The molecule has 3 N–H and O–H groups in total. The summed E-state index contributed by atoms with van der Waals surface area (Å²) in [5.41, 5.74) is 0.953. The van der Waals surface area contributed by atoms with E-state index in [2.05, 4.69) is 22.9 Å². The Balaban J connectivity index is 2.29. The van der Waals surface area contributed by atoms with Crippen LogP contribution in [0.15, 0.2) is 18.2 Å². The zero-order valence-electron chi connectivity index (χ0n) is 18.1. The smallest absolute Gasteiger partial charge is 0.319 e. The van der Waals surface area contributed by atoms with Gasteiger partial charge in [0, 0.05) is 45.5 Å². The Kier molecular flexibility index (Phi) is 8.72. The lowest BCUT2D eigenvalue weighted by Gasteiger charge is -2.30. The van der Waals surface area contributed by atoms with Crippen LogP contribution in [0.4, 0.5) is 10.5 Å². The third-order valence-corrected chi connectivity index (χ3v) is 5.02. The third-order valence-electron chi connectivity index (χ3n) is 5.02. The van der Waals surface area contributed by atoms with Crippen LogP contribution in [-0.4, -0.2) is 69.4 Å². The number of anilines is 1. The molecular formula is C21H34N4O4. The second kappa shape index (κ2) is 11.0. The average Bonchev–Trinajstić information content (AvgIpc) is 2.71. The van der Waals surface area contributed by atoms with Gasteiger partial charge < -0.3 is 30.3 Å². The standard InChI is InChI=1S/C21H34N4O4/c1-6-9-22-21(27)24-16-7-8-18-17(10-16)20(26)25(4)12-19(28-5)14(2)11-23-15(3)13-29-18/h7-8,10,14-15,19,23H,6,9,11-13H2,1-5H3,(H2,22,24,27)/t14-,15-,19+/m0/s1. The van der Waals surface area contributed by atoms with Gasteiger partial charge in [-0.3, -0.25) is 4.79 Å². The van der Waals surface area contributed by atoms with E-state index in [0.717, 1.165) is 13.0 Å². The SMILES string of the molecule is CCCNC(=O)Nc1ccc2c(c1)C(=O)N(C)C[C@@H](OC)[C@@H](C)CN[C@@H](C)CO2. The number of carbonyl (C=O) groups excluding carboxylic acids is 2. The van der Waals surface area contributed by atoms with Gasteiger partial charge >= 0.3 is 6.03 Å². The van der Waals surface area contributed by atoms with Gasteiger partial charge in [-0.1, -0.05) is 13.8 Å². The molecule has 0 saturated carbocycles. The van der Waals surface area contributed by atoms with Gasteiger partial charge in [0.05, 0.1) is 11.7 Å². The van der Waals surface area contributed by atoms with E-state index >= 15 is 0 Å². The minimum absolute atomic E-state index is 0.0893. The fourth-order valence-corrected chi connectivity index (χ4v) is 3.15. The minimum atomic E-state index is -0.298. The molecule has 29 heavy (non-hydrogen) atoms. The first kappa shape index (κ1) is 23.0. The molecule has 8 nitrogen and oxygen atoms in total. The summed E-state index contributed by atoms with van der Waals surface area (Å²) < 4.78 is 11.6. The van der Waals surface area contributed by atoms with Gasteiger partial charge in [-0.15, -0.1) is 0 Å². The predicted octanol–water partition coefficient (Wildman–Crippen LogP) is 2.31. The van der Waals surface area contributed by atoms with Gasteiger partial charge in [-0.2, -0.15) is 0 Å². The van der Waals surface area contributed by atoms with Crippen LogP contribution in [0.2, 0.25) is 0 Å². The fourth-order valence-electron chi connectivity index (χ4n) is 3.15. The fraction of sp³-hybridized carbons (Fsp3) is 0.619. The molecule has 0 fully saturated rings. The van der Waals surface area contributed by atoms with Crippen molar-refractivity contribution >= 4 is 17.6 Å². The van der Waals surface area contributed by atoms with Crippen LogP contribution in [0, 0.1) is 5.92 Å². The number of hydrogen-bond acceptors (Lipinski definition) is 5. The highest BCUT2D eigenvalue weighted by atomic mass is 16.5. The molecule has 1 heterocycles. The number of rotatable bonds is 4. The number of benzene rings is 1. The van der Waals surface area contributed by atoms with Crippen molar-refractivity contribution < 1.29 is 19.1 Å². The topological polar surface area (TPSA) is 91.9 Å². The van der Waals surface area contributed by atoms with Crippen molar-refractivity contribution in [3.8, 4) is 5.75 Å². The monoisotopic (exact) mass is 406 g/mol. The van der Waals surface area contributed by atoms with E-state index in [1.165, 1.54) is 0 Å². The largest absolute Gasteiger partial charge is 0.491 e. The molecule has 1 aromatic rings. The van der Waals surface area contributed by atoms with Gasteiger partial charge in [-0.25, -0.2) is 4.79 Å². The van der Waals surface area contributed by atoms with Crippen molar-refractivity contribution in [1.82, 2.24) is 15.5 Å². The highest BCUT2D eigenvalue weighted by Crippen LogP contribution is 2.25. The van der Waals surface area contributed by atoms with Gasteiger partial charge in [0.1, 0.15) is 12.4 Å². The molecule has 3 amide bonds. The molecule has 1 aromatic carbocycles. The highest BCUT2D eigenvalue weighted by molar-refractivity contribution is 5.99. The number of fused-ring (bicyclic) bond motifs is 1. The summed E-state index contributed by atoms with van der Waals surface area (Å²) in [4.78, 5) is 26.8. The molecule has 1 aliphatic rings. The van der Waals surface area contributed by atoms with E-state index in [-0.39, 0.29) is 30.0 Å². The molecule has 0 aromatic heterocycles. The van der Waals surface area contributed by atoms with Crippen LogP contribution in [0.3, 0.4) is 0 Å². The quantitative estimate of drug-likeness (QED) is 0.714. The summed E-state index contributed by atoms with van der Waals surface area (Å²) in [5, 5.41) is 8.98. The second-order valence-corrected chi connectivity index (χ2v) is 7.65. The summed E-state index contributed by atoms with van der Waals surface area (Å²) in [7, 11) is 3.42. The summed E-state index contributed by atoms with van der Waals surface area (Å²) in [6.07, 6.45) is 0.758. The maximum atomic E-state index is 13.2. The number of amides is 3. The number of carbonyl (C=O) groups is 2. The third kappa shape index (κ3) is 6.61. The summed E-state index contributed by atoms with van der Waals surface area (Å²) in [6, 6.07) is 4.95. The number of nitrogens with one attached hydrogen (secondary N) is 3. The number of ether oxygens (including phenoxy) is 2. The Morgan fingerprint density at radius 3 is 2.83 bits per heavy atom. The van der Waals surface area contributed by atoms with E-state index in [1.54, 1.807) is 37.3 Å². The van der Waals surface area contributed by atoms with Crippen LogP contribution < -0.4 is 20.7 Å². The lowest BCUT2D eigenvalue weighted by Crippen LogP contribution is -2.44. The van der Waals surface area contributed by atoms with Crippen LogP contribution in [0.25, 0.3) is 0 Å². The Labute approximate surface area is 173 Å². The van der Waals surface area contributed by atoms with Crippen LogP contribution in [-0.2, 0) is 4.74 Å². The number of nitrogens with zero attached hydrogens (tertiary/aromatic N) is 1. The molecule has 162 valence electrons. The molecule has 0 aliphatic carbocycles. The lowest BCUT2D eigenvalue weighted by molar-refractivity contribution is 0.0281. The predicted molar refractivity (Wildman–Crippen MR) is 114 cm³/mol. The molecule has 0 radical (unpaired) electrons. The number of urea groups is 1. The van der Waals surface area contributed by atoms with E-state index < -0.39 is 0 Å². The molecule has 0 bridgehead atoms. The zero-order chi connectivity index (χ0) is 21.4. The van der Waals surface area contributed by atoms with E-state index in [1.807, 2.05) is 13.8 Å². The van der Waals surface area contributed by atoms with Crippen molar-refractivity contribution in [2.75, 3.05) is 45.7 Å². The van der Waals surface area contributed by atoms with Crippen LogP contribution in [0.5, 0.6) is 5.75 Å². The highest BCUT2D eigenvalue weighted by Gasteiger charge is 2.25. The molecule has 8 heteroatoms. The van der Waals surface area contributed by atoms with Crippen LogP contribution >= 0.6 is 0 Å². The first-order valence-electron chi connectivity index (χ1n) is 10.2. The minimum Gasteiger partial charge on any atom is -0.491 e. The summed E-state index contributed by atoms with van der Waals surface area (Å²) in [6.45, 7) is 8.37. The summed E-state index contributed by atoms with van der Waals surface area (Å²) in [5.74, 6) is 0.553. The lowest BCUT2D eigenvalue weighted by atomic mass is 10.0. The van der Waals surface area contributed by atoms with Crippen molar-refractivity contribution in [2.24, 2.45) is 5.92 Å². The van der Waals surface area contributed by atoms with Crippen molar-refractivity contribution in [2.45, 2.75) is 39.3 Å². The average molecular weight is 407 g/mol. The van der Waals surface area contributed by atoms with E-state index in [9.17, 15) is 9.59 Å². The van der Waals surface area contributed by atoms with Crippen LogP contribution in [0.1, 0.15) is 37.6 Å². The first-order chi connectivity index (χ1) is 13.8. The van der Waals surface area contributed by atoms with Gasteiger partial charge in [0.2, 0.25) is 0 Å². The van der Waals surface area contributed by atoms with Gasteiger partial charge in [-0.05, 0) is 37.5 Å². The molecular weight excluding hydrogens is 372 g/mol. The molecule has 0 spiro atoms. The Hall–Kier alpha value is -2.32. The molecule has 1 aliphatic heterocycles. The molecule has 0 saturated heterocycles. The maximum absolute atomic E-state index is 13.2. The number of likely N-dealkylation sites (N-methyl/N-ethyl adjacent to an activating group) is 1. The normalized spacial score (nSPS) is 23.3. The Morgan fingerprint density at radius 1 is 1.38 bits per heavy atom. The zero-order valence-corrected chi connectivity index (χ0v) is 18.1. The first-order valence-corrected chi connectivity index (χ1v) is 10.2. The molecule has 3 atom stereocenters. The van der Waals surface area contributed by atoms with Gasteiger partial charge in [0.15, 0.2) is 0 Å².